The number of ether oxygens (including phenoxy) is 2. The van der Waals surface area contributed by atoms with E-state index in [9.17, 15) is 28.8 Å². The van der Waals surface area contributed by atoms with Crippen LogP contribution in [-0.2, 0) is 38.2 Å². The summed E-state index contributed by atoms with van der Waals surface area (Å²) in [5, 5.41) is 8.13. The van der Waals surface area contributed by atoms with Gasteiger partial charge >= 0.3 is 11.9 Å². The molecule has 55 heavy (non-hydrogen) atoms. The van der Waals surface area contributed by atoms with E-state index in [0.29, 0.717) is 6.42 Å². The lowest BCUT2D eigenvalue weighted by Crippen LogP contribution is -3.00. The van der Waals surface area contributed by atoms with E-state index < -0.39 is 54.9 Å². The standard InChI is InChI=1S/C40H49N4O8PS.BrH/c1-3-51-37(47)27-42-38(48)33(43-35(45)23-22-32(41)40(50)52-4-2)28-54-34-26-36(46)44(39(34)49)24-14-15-25-53(29-16-8-5-9-17-29,30-18-10-6-11-19-30)31-20-12-7-13-21-31;/h5-13,16-21,32-34H,3-4,14-15,22-28,41H2,1-2H3,(H-,42,43,45,48);1H. The van der Waals surface area contributed by atoms with Crippen molar-refractivity contribution in [2.24, 2.45) is 5.73 Å². The Morgan fingerprint density at radius 1 is 0.855 bits per heavy atom. The van der Waals surface area contributed by atoms with Crippen LogP contribution in [0.3, 0.4) is 0 Å². The number of rotatable bonds is 21. The number of hydrogen-bond donors (Lipinski definition) is 3. The number of likely N-dealkylation sites (tertiary alicyclic amines) is 1. The van der Waals surface area contributed by atoms with Gasteiger partial charge in [0.1, 0.15) is 41.8 Å². The molecule has 1 aliphatic rings. The summed E-state index contributed by atoms with van der Waals surface area (Å²) < 4.78 is 9.76. The molecule has 1 aliphatic heterocycles. The first kappa shape index (κ1) is 45.3. The van der Waals surface area contributed by atoms with Crippen LogP contribution in [0.1, 0.15) is 46.0 Å². The third-order valence-corrected chi connectivity index (χ3v) is 14.8. The maximum Gasteiger partial charge on any atom is 0.325 e. The molecule has 3 aromatic carbocycles. The van der Waals surface area contributed by atoms with Gasteiger partial charge in [-0.15, -0.1) is 11.8 Å². The smallest absolute Gasteiger partial charge is 0.325 e. The molecule has 0 spiro atoms. The molecule has 0 radical (unpaired) electrons. The Balaban J connectivity index is 0.00000812. The van der Waals surface area contributed by atoms with Gasteiger partial charge in [-0.3, -0.25) is 33.7 Å². The predicted octanol–water partition coefficient (Wildman–Crippen LogP) is -0.540. The molecule has 0 saturated carbocycles. The maximum absolute atomic E-state index is 13.5. The van der Waals surface area contributed by atoms with Gasteiger partial charge in [0.25, 0.3) is 0 Å². The Hall–Kier alpha value is -4.10. The lowest BCUT2D eigenvalue weighted by Gasteiger charge is -2.28. The maximum atomic E-state index is 13.5. The topological polar surface area (TPSA) is 174 Å². The number of carbonyl (C=O) groups excluding carboxylic acids is 6. The van der Waals surface area contributed by atoms with Gasteiger partial charge in [0.05, 0.1) is 24.6 Å². The summed E-state index contributed by atoms with van der Waals surface area (Å²) >= 11 is 1.10. The van der Waals surface area contributed by atoms with E-state index in [-0.39, 0.29) is 73.6 Å². The second-order valence-electron chi connectivity index (χ2n) is 12.7. The second kappa shape index (κ2) is 23.1. The first-order valence-electron chi connectivity index (χ1n) is 18.3. The molecule has 3 unspecified atom stereocenters. The average molecular weight is 858 g/mol. The zero-order valence-electron chi connectivity index (χ0n) is 31.2. The van der Waals surface area contributed by atoms with Gasteiger partial charge in [0.2, 0.25) is 23.6 Å². The lowest BCUT2D eigenvalue weighted by molar-refractivity contribution is -0.145. The van der Waals surface area contributed by atoms with Gasteiger partial charge in [-0.2, -0.15) is 0 Å². The van der Waals surface area contributed by atoms with Crippen LogP contribution in [0.4, 0.5) is 0 Å². The number of esters is 2. The molecule has 1 fully saturated rings. The highest BCUT2D eigenvalue weighted by Crippen LogP contribution is 2.55. The molecule has 15 heteroatoms. The van der Waals surface area contributed by atoms with Crippen LogP contribution in [-0.4, -0.2) is 96.0 Å². The molecule has 0 aliphatic carbocycles. The number of benzene rings is 3. The van der Waals surface area contributed by atoms with E-state index >= 15 is 0 Å². The van der Waals surface area contributed by atoms with Crippen molar-refractivity contribution in [3.8, 4) is 0 Å². The number of imide groups is 1. The summed E-state index contributed by atoms with van der Waals surface area (Å²) in [6.07, 6.45) is 2.04. The van der Waals surface area contributed by atoms with Crippen molar-refractivity contribution < 1.29 is 55.2 Å². The monoisotopic (exact) mass is 856 g/mol. The van der Waals surface area contributed by atoms with Crippen LogP contribution >= 0.6 is 19.0 Å². The molecule has 4 amide bonds. The number of amides is 4. The van der Waals surface area contributed by atoms with Crippen LogP contribution < -0.4 is 49.3 Å². The van der Waals surface area contributed by atoms with Gasteiger partial charge in [-0.05, 0) is 69.5 Å². The molecule has 3 atom stereocenters. The van der Waals surface area contributed by atoms with Gasteiger partial charge in [-0.25, -0.2) is 0 Å². The van der Waals surface area contributed by atoms with Gasteiger partial charge < -0.3 is 42.8 Å². The third-order valence-electron chi connectivity index (χ3n) is 9.02. The molecule has 0 aromatic heterocycles. The van der Waals surface area contributed by atoms with Crippen molar-refractivity contribution in [2.75, 3.05) is 38.2 Å². The van der Waals surface area contributed by atoms with Gasteiger partial charge in [-0.1, -0.05) is 54.6 Å². The van der Waals surface area contributed by atoms with E-state index in [4.69, 9.17) is 15.2 Å². The Bertz CT molecular complexity index is 1630. The molecule has 296 valence electrons. The number of nitrogens with zero attached hydrogens (tertiary/aromatic N) is 1. The van der Waals surface area contributed by atoms with Crippen molar-refractivity contribution in [2.45, 2.75) is 63.3 Å². The Labute approximate surface area is 338 Å². The number of thioether (sulfide) groups is 1. The Morgan fingerprint density at radius 3 is 1.93 bits per heavy atom. The van der Waals surface area contributed by atoms with Crippen LogP contribution in [0, 0.1) is 0 Å². The first-order valence-corrected chi connectivity index (χ1v) is 21.3. The number of nitrogens with one attached hydrogen (secondary N) is 2. The van der Waals surface area contributed by atoms with Crippen molar-refractivity contribution in [1.82, 2.24) is 15.5 Å². The molecule has 3 aromatic rings. The highest BCUT2D eigenvalue weighted by molar-refractivity contribution is 8.00. The molecule has 4 rings (SSSR count). The number of hydrogen-bond acceptors (Lipinski definition) is 10. The van der Waals surface area contributed by atoms with E-state index in [2.05, 4.69) is 83.4 Å². The number of carbonyl (C=O) groups is 6. The fourth-order valence-electron chi connectivity index (χ4n) is 6.33. The van der Waals surface area contributed by atoms with E-state index in [0.717, 1.165) is 24.3 Å². The summed E-state index contributed by atoms with van der Waals surface area (Å²) in [7, 11) is -2.06. The molecule has 1 saturated heterocycles. The summed E-state index contributed by atoms with van der Waals surface area (Å²) in [6.45, 7) is 3.43. The minimum absolute atomic E-state index is 0. The minimum atomic E-state index is -2.06. The Morgan fingerprint density at radius 2 is 1.40 bits per heavy atom. The summed E-state index contributed by atoms with van der Waals surface area (Å²) in [5.41, 5.74) is 5.82. The highest BCUT2D eigenvalue weighted by Gasteiger charge is 2.45. The summed E-state index contributed by atoms with van der Waals surface area (Å²) in [6, 6.07) is 29.4. The third kappa shape index (κ3) is 12.7. The van der Waals surface area contributed by atoms with Crippen molar-refractivity contribution in [3.63, 3.8) is 0 Å². The fraction of sp³-hybridized carbons (Fsp3) is 0.400. The fourth-order valence-corrected chi connectivity index (χ4v) is 11.9. The minimum Gasteiger partial charge on any atom is -1.00 e. The van der Waals surface area contributed by atoms with Crippen molar-refractivity contribution in [3.05, 3.63) is 91.0 Å². The summed E-state index contributed by atoms with van der Waals surface area (Å²) in [5.74, 6) is -3.16. The highest BCUT2D eigenvalue weighted by atomic mass is 79.9. The number of halogens is 1. The molecule has 4 N–H and O–H groups in total. The van der Waals surface area contributed by atoms with Crippen LogP contribution in [0.5, 0.6) is 0 Å². The van der Waals surface area contributed by atoms with Gasteiger partial charge in [0.15, 0.2) is 0 Å². The zero-order chi connectivity index (χ0) is 38.9. The Kier molecular flexibility index (Phi) is 19.0. The number of unbranched alkanes of at least 4 members (excludes halogenated alkanes) is 1. The molecular formula is C40H50BrN4O8PS. The van der Waals surface area contributed by atoms with E-state index in [1.807, 2.05) is 18.2 Å². The number of nitrogens with two attached hydrogens (primary N) is 1. The average Bonchev–Trinajstić information content (AvgIpc) is 3.46. The second-order valence-corrected chi connectivity index (χ2v) is 17.5. The van der Waals surface area contributed by atoms with Crippen LogP contribution in [0.2, 0.25) is 0 Å². The van der Waals surface area contributed by atoms with E-state index in [1.54, 1.807) is 13.8 Å². The van der Waals surface area contributed by atoms with Gasteiger partial charge in [0, 0.05) is 25.1 Å². The van der Waals surface area contributed by atoms with E-state index in [1.165, 1.54) is 20.8 Å². The SMILES string of the molecule is CCOC(=O)CNC(=O)C(CSC1CC(=O)N(CCCC[P+](c2ccccc2)(c2ccccc2)c2ccccc2)C1=O)NC(=O)CCC(N)C(=O)OCC.[Br-]. The molecule has 12 nitrogen and oxygen atoms in total. The van der Waals surface area contributed by atoms with Crippen molar-refractivity contribution >= 4 is 70.5 Å². The van der Waals surface area contributed by atoms with Crippen LogP contribution in [0.25, 0.3) is 0 Å². The summed E-state index contributed by atoms with van der Waals surface area (Å²) in [4.78, 5) is 77.6. The molecule has 0 bridgehead atoms. The zero-order valence-corrected chi connectivity index (χ0v) is 34.5. The quantitative estimate of drug-likeness (QED) is 0.0547. The van der Waals surface area contributed by atoms with Crippen LogP contribution in [0.15, 0.2) is 91.0 Å². The molecule has 1 heterocycles. The normalized spacial score (nSPS) is 15.0. The lowest BCUT2D eigenvalue weighted by atomic mass is 10.1. The predicted molar refractivity (Wildman–Crippen MR) is 212 cm³/mol. The van der Waals surface area contributed by atoms with Crippen molar-refractivity contribution in [1.29, 1.82) is 0 Å². The largest absolute Gasteiger partial charge is 1.00 e. The first-order chi connectivity index (χ1) is 26.1. The molecular weight excluding hydrogens is 807 g/mol.